The van der Waals surface area contributed by atoms with Crippen LogP contribution >= 0.6 is 23.5 Å². The van der Waals surface area contributed by atoms with E-state index in [4.69, 9.17) is 4.42 Å². The Kier molecular flexibility index (Phi) is 4.36. The van der Waals surface area contributed by atoms with Gasteiger partial charge < -0.3 is 9.73 Å². The van der Waals surface area contributed by atoms with Crippen molar-refractivity contribution in [3.8, 4) is 11.6 Å². The van der Waals surface area contributed by atoms with Crippen LogP contribution in [0.5, 0.6) is 0 Å². The standard InChI is InChI=1S/C15H10N6O2S2/c22-12(17-9-5-3-6-10-13(9)21-25-20-10)8-24-15-19-18-14(23-15)11-4-1-2-7-16-11/h1-7H,8H2,(H,17,22). The van der Waals surface area contributed by atoms with Crippen molar-refractivity contribution in [1.29, 1.82) is 0 Å². The lowest BCUT2D eigenvalue weighted by Gasteiger charge is -2.03. The predicted octanol–water partition coefficient (Wildman–Crippen LogP) is 2.87. The van der Waals surface area contributed by atoms with Gasteiger partial charge in [0.2, 0.25) is 5.91 Å². The number of fused-ring (bicyclic) bond motifs is 1. The highest BCUT2D eigenvalue weighted by molar-refractivity contribution is 7.99. The molecule has 1 N–H and O–H groups in total. The summed E-state index contributed by atoms with van der Waals surface area (Å²) in [6.45, 7) is 0. The lowest BCUT2D eigenvalue weighted by atomic mass is 10.2. The van der Waals surface area contributed by atoms with E-state index in [9.17, 15) is 4.79 Å². The average Bonchev–Trinajstić information content (AvgIpc) is 3.31. The van der Waals surface area contributed by atoms with Gasteiger partial charge in [-0.3, -0.25) is 9.78 Å². The lowest BCUT2D eigenvalue weighted by Crippen LogP contribution is -2.14. The van der Waals surface area contributed by atoms with Crippen molar-refractivity contribution >= 4 is 46.1 Å². The largest absolute Gasteiger partial charge is 0.410 e. The molecule has 0 aliphatic carbocycles. The van der Waals surface area contributed by atoms with Gasteiger partial charge in [0.1, 0.15) is 16.7 Å². The Balaban J connectivity index is 1.39. The maximum Gasteiger partial charge on any atom is 0.277 e. The molecule has 3 heterocycles. The molecule has 3 aromatic heterocycles. The molecular formula is C15H10N6O2S2. The molecule has 10 heteroatoms. The monoisotopic (exact) mass is 370 g/mol. The third-order valence-electron chi connectivity index (χ3n) is 3.18. The van der Waals surface area contributed by atoms with Crippen molar-refractivity contribution in [1.82, 2.24) is 23.9 Å². The number of hydrogen-bond acceptors (Lipinski definition) is 9. The van der Waals surface area contributed by atoms with Gasteiger partial charge in [-0.2, -0.15) is 8.75 Å². The van der Waals surface area contributed by atoms with Crippen molar-refractivity contribution in [2.24, 2.45) is 0 Å². The Hall–Kier alpha value is -2.85. The number of thioether (sulfide) groups is 1. The Morgan fingerprint density at radius 1 is 1.16 bits per heavy atom. The molecule has 0 atom stereocenters. The number of rotatable bonds is 5. The Morgan fingerprint density at radius 2 is 2.12 bits per heavy atom. The number of anilines is 1. The minimum atomic E-state index is -0.192. The fourth-order valence-corrected chi connectivity index (χ4v) is 3.19. The SMILES string of the molecule is O=C(CSc1nnc(-c2ccccn2)o1)Nc1cccc2nsnc12. The maximum atomic E-state index is 12.1. The zero-order chi connectivity index (χ0) is 17.1. The molecule has 4 rings (SSSR count). The summed E-state index contributed by atoms with van der Waals surface area (Å²) in [7, 11) is 0. The molecule has 0 aliphatic heterocycles. The normalized spacial score (nSPS) is 10.9. The number of nitrogens with zero attached hydrogens (tertiary/aromatic N) is 5. The predicted molar refractivity (Wildman–Crippen MR) is 94.3 cm³/mol. The molecule has 0 unspecified atom stereocenters. The maximum absolute atomic E-state index is 12.1. The van der Waals surface area contributed by atoms with Crippen molar-refractivity contribution < 1.29 is 9.21 Å². The van der Waals surface area contributed by atoms with E-state index >= 15 is 0 Å². The quantitative estimate of drug-likeness (QED) is 0.535. The second-order valence-electron chi connectivity index (χ2n) is 4.86. The summed E-state index contributed by atoms with van der Waals surface area (Å²) in [5.74, 6) is 0.266. The fourth-order valence-electron chi connectivity index (χ4n) is 2.08. The average molecular weight is 370 g/mol. The second kappa shape index (κ2) is 6.95. The van der Waals surface area contributed by atoms with Crippen LogP contribution in [0.15, 0.2) is 52.2 Å². The summed E-state index contributed by atoms with van der Waals surface area (Å²) in [6.07, 6.45) is 1.65. The molecule has 1 amide bonds. The van der Waals surface area contributed by atoms with Gasteiger partial charge in [0.15, 0.2) is 0 Å². The van der Waals surface area contributed by atoms with Gasteiger partial charge in [-0.1, -0.05) is 23.9 Å². The van der Waals surface area contributed by atoms with E-state index in [2.05, 4.69) is 29.2 Å². The van der Waals surface area contributed by atoms with Crippen LogP contribution in [0.25, 0.3) is 22.6 Å². The molecule has 0 saturated carbocycles. The summed E-state index contributed by atoms with van der Waals surface area (Å²) in [5.41, 5.74) is 2.67. The molecule has 0 aliphatic rings. The van der Waals surface area contributed by atoms with Gasteiger partial charge >= 0.3 is 0 Å². The molecule has 25 heavy (non-hydrogen) atoms. The minimum absolute atomic E-state index is 0.137. The minimum Gasteiger partial charge on any atom is -0.410 e. The molecule has 0 saturated heterocycles. The number of carbonyl (C=O) groups excluding carboxylic acids is 1. The van der Waals surface area contributed by atoms with Gasteiger partial charge in [0.25, 0.3) is 11.1 Å². The van der Waals surface area contributed by atoms with E-state index in [1.54, 1.807) is 24.4 Å². The molecule has 0 bridgehead atoms. The highest BCUT2D eigenvalue weighted by atomic mass is 32.2. The first-order valence-corrected chi connectivity index (χ1v) is 8.90. The zero-order valence-electron chi connectivity index (χ0n) is 12.6. The van der Waals surface area contributed by atoms with Crippen LogP contribution in [-0.4, -0.2) is 35.6 Å². The van der Waals surface area contributed by atoms with E-state index in [-0.39, 0.29) is 11.7 Å². The molecule has 0 fully saturated rings. The summed E-state index contributed by atoms with van der Waals surface area (Å²) in [6, 6.07) is 10.9. The van der Waals surface area contributed by atoms with Crippen LogP contribution in [0.3, 0.4) is 0 Å². The van der Waals surface area contributed by atoms with Crippen LogP contribution in [0.4, 0.5) is 5.69 Å². The van der Waals surface area contributed by atoms with E-state index in [0.29, 0.717) is 28.0 Å². The third kappa shape index (κ3) is 3.49. The number of hydrogen-bond donors (Lipinski definition) is 1. The first kappa shape index (κ1) is 15.7. The van der Waals surface area contributed by atoms with Crippen molar-refractivity contribution in [3.63, 3.8) is 0 Å². The first-order valence-electron chi connectivity index (χ1n) is 7.18. The van der Waals surface area contributed by atoms with Gasteiger partial charge in [0, 0.05) is 6.20 Å². The van der Waals surface area contributed by atoms with Crippen LogP contribution in [-0.2, 0) is 4.79 Å². The number of benzene rings is 1. The van der Waals surface area contributed by atoms with E-state index in [0.717, 1.165) is 29.0 Å². The van der Waals surface area contributed by atoms with Crippen LogP contribution in [0.1, 0.15) is 0 Å². The molecule has 4 aromatic rings. The van der Waals surface area contributed by atoms with Gasteiger partial charge in [0.05, 0.1) is 23.2 Å². The van der Waals surface area contributed by atoms with Crippen LogP contribution in [0.2, 0.25) is 0 Å². The van der Waals surface area contributed by atoms with Gasteiger partial charge in [-0.05, 0) is 24.3 Å². The van der Waals surface area contributed by atoms with E-state index in [1.165, 1.54) is 0 Å². The molecular weight excluding hydrogens is 360 g/mol. The smallest absolute Gasteiger partial charge is 0.277 e. The fraction of sp³-hybridized carbons (Fsp3) is 0.0667. The van der Waals surface area contributed by atoms with Crippen LogP contribution < -0.4 is 5.32 Å². The van der Waals surface area contributed by atoms with E-state index in [1.807, 2.05) is 18.2 Å². The lowest BCUT2D eigenvalue weighted by molar-refractivity contribution is -0.113. The summed E-state index contributed by atoms with van der Waals surface area (Å²) in [4.78, 5) is 16.3. The topological polar surface area (TPSA) is 107 Å². The Labute approximate surface area is 150 Å². The number of aromatic nitrogens is 5. The van der Waals surface area contributed by atoms with Crippen molar-refractivity contribution in [2.75, 3.05) is 11.1 Å². The second-order valence-corrected chi connectivity index (χ2v) is 6.32. The van der Waals surface area contributed by atoms with E-state index < -0.39 is 0 Å². The Morgan fingerprint density at radius 3 is 3.00 bits per heavy atom. The molecule has 0 radical (unpaired) electrons. The molecule has 1 aromatic carbocycles. The highest BCUT2D eigenvalue weighted by Gasteiger charge is 2.13. The zero-order valence-corrected chi connectivity index (χ0v) is 14.3. The van der Waals surface area contributed by atoms with Crippen molar-refractivity contribution in [2.45, 2.75) is 5.22 Å². The van der Waals surface area contributed by atoms with Crippen molar-refractivity contribution in [3.05, 3.63) is 42.6 Å². The summed E-state index contributed by atoms with van der Waals surface area (Å²) >= 11 is 2.27. The number of amides is 1. The molecule has 124 valence electrons. The number of carbonyl (C=O) groups is 1. The third-order valence-corrected chi connectivity index (χ3v) is 4.54. The first-order chi connectivity index (χ1) is 12.3. The van der Waals surface area contributed by atoms with Crippen LogP contribution in [0, 0.1) is 0 Å². The summed E-state index contributed by atoms with van der Waals surface area (Å²) < 4.78 is 13.8. The number of nitrogens with one attached hydrogen (secondary N) is 1. The number of pyridine rings is 1. The van der Waals surface area contributed by atoms with Gasteiger partial charge in [-0.25, -0.2) is 0 Å². The molecule has 8 nitrogen and oxygen atoms in total. The van der Waals surface area contributed by atoms with Gasteiger partial charge in [-0.15, -0.1) is 10.2 Å². The molecule has 0 spiro atoms. The Bertz CT molecular complexity index is 1020. The highest BCUT2D eigenvalue weighted by Crippen LogP contribution is 2.23. The summed E-state index contributed by atoms with van der Waals surface area (Å²) in [5, 5.41) is 11.0.